The number of carbonyl (C=O) groups is 3. The van der Waals surface area contributed by atoms with Crippen LogP contribution in [0.4, 0.5) is 25.9 Å². The number of nitrogens with one attached hydrogen (secondary N) is 4. The molecule has 4 amide bonds. The lowest BCUT2D eigenvalue weighted by Gasteiger charge is -2.20. The van der Waals surface area contributed by atoms with Crippen molar-refractivity contribution in [3.05, 3.63) is 6.20 Å². The van der Waals surface area contributed by atoms with Gasteiger partial charge in [0.15, 0.2) is 5.82 Å². The third-order valence-corrected chi connectivity index (χ3v) is 2.49. The molecule has 0 spiro atoms. The molecule has 0 bridgehead atoms. The zero-order chi connectivity index (χ0) is 18.3. The van der Waals surface area contributed by atoms with Crippen molar-refractivity contribution in [2.75, 3.05) is 23.7 Å². The number of aryl methyl sites for hydroxylation is 1. The average molecular weight is 342 g/mol. The van der Waals surface area contributed by atoms with Crippen molar-refractivity contribution in [3.8, 4) is 0 Å². The van der Waals surface area contributed by atoms with Gasteiger partial charge in [-0.25, -0.2) is 14.4 Å². The van der Waals surface area contributed by atoms with Gasteiger partial charge in [-0.2, -0.15) is 5.10 Å². The van der Waals surface area contributed by atoms with Gasteiger partial charge in [-0.1, -0.05) is 0 Å². The SMILES string of the molecule is Cn1ncc(NC(=O)NCCNC(=O)O)c1NC(=O)OC(C)(C)C. The Hall–Kier alpha value is -2.98. The summed E-state index contributed by atoms with van der Waals surface area (Å²) in [7, 11) is 1.59. The monoisotopic (exact) mass is 342 g/mol. The molecule has 1 aromatic heterocycles. The van der Waals surface area contributed by atoms with Crippen LogP contribution in [0.15, 0.2) is 6.20 Å². The highest BCUT2D eigenvalue weighted by Crippen LogP contribution is 2.21. The van der Waals surface area contributed by atoms with Gasteiger partial charge < -0.3 is 25.8 Å². The van der Waals surface area contributed by atoms with E-state index >= 15 is 0 Å². The molecule has 1 rings (SSSR count). The van der Waals surface area contributed by atoms with Crippen LogP contribution in [0.3, 0.4) is 0 Å². The number of ether oxygens (including phenoxy) is 1. The van der Waals surface area contributed by atoms with Crippen LogP contribution in [0, 0.1) is 0 Å². The molecule has 0 unspecified atom stereocenters. The Labute approximate surface area is 138 Å². The van der Waals surface area contributed by atoms with Crippen LogP contribution in [0.5, 0.6) is 0 Å². The standard InChI is InChI=1S/C13H22N6O5/c1-13(2,3)24-12(23)18-9-8(7-16-19(9)4)17-10(20)14-5-6-15-11(21)22/h7,15H,5-6H2,1-4H3,(H,18,23)(H,21,22)(H2,14,17,20). The van der Waals surface area contributed by atoms with Gasteiger partial charge in [0.05, 0.1) is 6.20 Å². The second-order valence-corrected chi connectivity index (χ2v) is 5.77. The van der Waals surface area contributed by atoms with Crippen molar-refractivity contribution >= 4 is 29.7 Å². The van der Waals surface area contributed by atoms with Crippen molar-refractivity contribution in [2.45, 2.75) is 26.4 Å². The second kappa shape index (κ2) is 8.04. The lowest BCUT2D eigenvalue weighted by atomic mass is 10.2. The van der Waals surface area contributed by atoms with Gasteiger partial charge in [0.1, 0.15) is 11.3 Å². The number of hydrogen-bond acceptors (Lipinski definition) is 5. The van der Waals surface area contributed by atoms with Crippen LogP contribution in [-0.2, 0) is 11.8 Å². The number of urea groups is 1. The van der Waals surface area contributed by atoms with Crippen LogP contribution >= 0.6 is 0 Å². The van der Waals surface area contributed by atoms with Crippen molar-refractivity contribution in [2.24, 2.45) is 7.05 Å². The first kappa shape index (κ1) is 19.1. The molecule has 0 atom stereocenters. The fourth-order valence-corrected chi connectivity index (χ4v) is 1.59. The molecular weight excluding hydrogens is 320 g/mol. The predicted octanol–water partition coefficient (Wildman–Crippen LogP) is 1.16. The summed E-state index contributed by atoms with van der Waals surface area (Å²) in [5.74, 6) is 0.253. The summed E-state index contributed by atoms with van der Waals surface area (Å²) in [4.78, 5) is 33.9. The molecule has 5 N–H and O–H groups in total. The zero-order valence-electron chi connectivity index (χ0n) is 14.0. The van der Waals surface area contributed by atoms with Gasteiger partial charge >= 0.3 is 18.2 Å². The fourth-order valence-electron chi connectivity index (χ4n) is 1.59. The van der Waals surface area contributed by atoms with E-state index in [4.69, 9.17) is 9.84 Å². The summed E-state index contributed by atoms with van der Waals surface area (Å²) in [6, 6.07) is -0.567. The average Bonchev–Trinajstić information content (AvgIpc) is 2.74. The molecule has 0 aliphatic heterocycles. The summed E-state index contributed by atoms with van der Waals surface area (Å²) < 4.78 is 6.51. The van der Waals surface area contributed by atoms with Gasteiger partial charge in [0.25, 0.3) is 0 Å². The Bertz CT molecular complexity index is 606. The maximum absolute atomic E-state index is 11.8. The van der Waals surface area contributed by atoms with Gasteiger partial charge in [-0.15, -0.1) is 0 Å². The van der Waals surface area contributed by atoms with E-state index in [1.807, 2.05) is 0 Å². The molecular formula is C13H22N6O5. The molecule has 0 aromatic carbocycles. The van der Waals surface area contributed by atoms with E-state index in [9.17, 15) is 14.4 Å². The molecule has 11 nitrogen and oxygen atoms in total. The van der Waals surface area contributed by atoms with Gasteiger partial charge in [0.2, 0.25) is 0 Å². The first-order valence-electron chi connectivity index (χ1n) is 7.12. The first-order valence-corrected chi connectivity index (χ1v) is 7.12. The molecule has 11 heteroatoms. The first-order chi connectivity index (χ1) is 11.1. The summed E-state index contributed by atoms with van der Waals surface area (Å²) in [6.07, 6.45) is -0.490. The second-order valence-electron chi connectivity index (χ2n) is 5.77. The van der Waals surface area contributed by atoms with Crippen molar-refractivity contribution in [1.29, 1.82) is 0 Å². The van der Waals surface area contributed by atoms with Gasteiger partial charge in [-0.05, 0) is 20.8 Å². The maximum atomic E-state index is 11.8. The Morgan fingerprint density at radius 3 is 2.42 bits per heavy atom. The summed E-state index contributed by atoms with van der Waals surface area (Å²) in [6.45, 7) is 5.36. The molecule has 1 heterocycles. The molecule has 0 saturated carbocycles. The number of carbonyl (C=O) groups excluding carboxylic acids is 2. The van der Waals surface area contributed by atoms with Gasteiger partial charge in [-0.3, -0.25) is 10.00 Å². The predicted molar refractivity (Wildman–Crippen MR) is 86.1 cm³/mol. The largest absolute Gasteiger partial charge is 0.465 e. The van der Waals surface area contributed by atoms with Crippen molar-refractivity contribution in [1.82, 2.24) is 20.4 Å². The Balaban J connectivity index is 2.59. The van der Waals surface area contributed by atoms with Crippen LogP contribution in [0.1, 0.15) is 20.8 Å². The number of hydrogen-bond donors (Lipinski definition) is 5. The smallest absolute Gasteiger partial charge is 0.413 e. The number of amides is 4. The van der Waals surface area contributed by atoms with E-state index in [-0.39, 0.29) is 24.6 Å². The number of aromatic nitrogens is 2. The third kappa shape index (κ3) is 6.85. The minimum absolute atomic E-state index is 0.0683. The number of anilines is 2. The topological polar surface area (TPSA) is 147 Å². The highest BCUT2D eigenvalue weighted by atomic mass is 16.6. The van der Waals surface area contributed by atoms with Crippen LogP contribution < -0.4 is 21.3 Å². The minimum atomic E-state index is -1.17. The summed E-state index contributed by atoms with van der Waals surface area (Å²) >= 11 is 0. The molecule has 0 fully saturated rings. The lowest BCUT2D eigenvalue weighted by Crippen LogP contribution is -2.36. The summed E-state index contributed by atoms with van der Waals surface area (Å²) in [5, 5.41) is 22.0. The number of nitrogens with zero attached hydrogens (tertiary/aromatic N) is 2. The van der Waals surface area contributed by atoms with E-state index in [1.165, 1.54) is 10.9 Å². The van der Waals surface area contributed by atoms with Crippen LogP contribution in [0.25, 0.3) is 0 Å². The highest BCUT2D eigenvalue weighted by Gasteiger charge is 2.19. The van der Waals surface area contributed by atoms with Crippen molar-refractivity contribution in [3.63, 3.8) is 0 Å². The van der Waals surface area contributed by atoms with E-state index in [0.717, 1.165) is 0 Å². The maximum Gasteiger partial charge on any atom is 0.413 e. The zero-order valence-corrected chi connectivity index (χ0v) is 14.0. The molecule has 0 radical (unpaired) electrons. The highest BCUT2D eigenvalue weighted by molar-refractivity contribution is 5.95. The Morgan fingerprint density at radius 2 is 1.83 bits per heavy atom. The molecule has 1 aromatic rings. The number of carboxylic acid groups (broad SMARTS) is 1. The molecule has 0 saturated heterocycles. The molecule has 0 aliphatic rings. The number of rotatable bonds is 5. The third-order valence-electron chi connectivity index (χ3n) is 2.49. The lowest BCUT2D eigenvalue weighted by molar-refractivity contribution is 0.0634. The van der Waals surface area contributed by atoms with Crippen LogP contribution in [0.2, 0.25) is 0 Å². The van der Waals surface area contributed by atoms with E-state index in [2.05, 4.69) is 26.4 Å². The normalized spacial score (nSPS) is 10.7. The quantitative estimate of drug-likeness (QED) is 0.507. The summed E-state index contributed by atoms with van der Waals surface area (Å²) in [5.41, 5.74) is -0.392. The molecule has 134 valence electrons. The molecule has 0 aliphatic carbocycles. The minimum Gasteiger partial charge on any atom is -0.465 e. The Morgan fingerprint density at radius 1 is 1.21 bits per heavy atom. The Kier molecular flexibility index (Phi) is 6.38. The molecule has 24 heavy (non-hydrogen) atoms. The fraction of sp³-hybridized carbons (Fsp3) is 0.538. The van der Waals surface area contributed by atoms with Crippen LogP contribution in [-0.4, -0.2) is 51.8 Å². The van der Waals surface area contributed by atoms with E-state index < -0.39 is 23.8 Å². The van der Waals surface area contributed by atoms with E-state index in [0.29, 0.717) is 0 Å². The van der Waals surface area contributed by atoms with E-state index in [1.54, 1.807) is 27.8 Å². The van der Waals surface area contributed by atoms with Crippen molar-refractivity contribution < 1.29 is 24.2 Å². The van der Waals surface area contributed by atoms with Gasteiger partial charge in [0, 0.05) is 20.1 Å².